The highest BCUT2D eigenvalue weighted by atomic mass is 16.5. The normalized spacial score (nSPS) is 13.3. The molecule has 4 aromatic rings. The van der Waals surface area contributed by atoms with Crippen molar-refractivity contribution < 1.29 is 14.1 Å². The van der Waals surface area contributed by atoms with Gasteiger partial charge in [-0.3, -0.25) is 19.4 Å². The first-order valence-electron chi connectivity index (χ1n) is 12.5. The second-order valence-electron chi connectivity index (χ2n) is 9.13. The van der Waals surface area contributed by atoms with Crippen molar-refractivity contribution in [2.24, 2.45) is 7.05 Å². The third-order valence-corrected chi connectivity index (χ3v) is 6.91. The summed E-state index contributed by atoms with van der Waals surface area (Å²) >= 11 is 0. The third kappa shape index (κ3) is 4.26. The molecule has 9 heteroatoms. The summed E-state index contributed by atoms with van der Waals surface area (Å²) in [4.78, 5) is 46.0. The van der Waals surface area contributed by atoms with Crippen LogP contribution < -0.4 is 20.7 Å². The summed E-state index contributed by atoms with van der Waals surface area (Å²) in [6.45, 7) is 4.79. The molecule has 5 rings (SSSR count). The standard InChI is InChI=1S/C29H29N5O4/c1-5-23-24(19-9-11-20(12-10-19)25-18(2)38-32(4)28(25)36)13-14-31-26(23)34-16-15-33(29(34)37)22-8-6-7-21(17-22)27(35)30-3/h6-14,17H,5,15-16H2,1-4H3,(H,30,35). The van der Waals surface area contributed by atoms with Crippen molar-refractivity contribution in [1.29, 1.82) is 0 Å². The number of pyridine rings is 1. The number of anilines is 2. The number of benzene rings is 2. The molecule has 0 bridgehead atoms. The fourth-order valence-electron chi connectivity index (χ4n) is 5.01. The zero-order valence-corrected chi connectivity index (χ0v) is 21.8. The number of hydrogen-bond acceptors (Lipinski definition) is 5. The Balaban J connectivity index is 1.46. The summed E-state index contributed by atoms with van der Waals surface area (Å²) < 4.78 is 6.66. The predicted molar refractivity (Wildman–Crippen MR) is 147 cm³/mol. The van der Waals surface area contributed by atoms with Gasteiger partial charge in [0.15, 0.2) is 0 Å². The smallest absolute Gasteiger partial charge is 0.330 e. The van der Waals surface area contributed by atoms with Crippen molar-refractivity contribution in [3.8, 4) is 22.3 Å². The van der Waals surface area contributed by atoms with Gasteiger partial charge in [-0.15, -0.1) is 0 Å². The molecule has 0 radical (unpaired) electrons. The maximum Gasteiger partial charge on any atom is 0.330 e. The number of amides is 3. The third-order valence-electron chi connectivity index (χ3n) is 6.91. The molecule has 194 valence electrons. The maximum atomic E-state index is 13.5. The van der Waals surface area contributed by atoms with Gasteiger partial charge >= 0.3 is 6.03 Å². The van der Waals surface area contributed by atoms with Crippen LogP contribution in [0.1, 0.15) is 28.6 Å². The first kappa shape index (κ1) is 25.0. The second-order valence-corrected chi connectivity index (χ2v) is 9.13. The molecule has 1 fully saturated rings. The van der Waals surface area contributed by atoms with E-state index < -0.39 is 0 Å². The number of carbonyl (C=O) groups excluding carboxylic acids is 2. The Bertz CT molecular complexity index is 1590. The lowest BCUT2D eigenvalue weighted by molar-refractivity contribution is 0.0963. The molecule has 3 heterocycles. The molecule has 1 saturated heterocycles. The van der Waals surface area contributed by atoms with E-state index >= 15 is 0 Å². The van der Waals surface area contributed by atoms with Crippen LogP contribution in [0, 0.1) is 6.92 Å². The molecule has 0 spiro atoms. The van der Waals surface area contributed by atoms with Gasteiger partial charge in [0.05, 0.1) is 5.56 Å². The minimum Gasteiger partial charge on any atom is -0.381 e. The molecule has 3 amide bonds. The summed E-state index contributed by atoms with van der Waals surface area (Å²) in [6.07, 6.45) is 2.40. The summed E-state index contributed by atoms with van der Waals surface area (Å²) in [6, 6.07) is 16.6. The highest BCUT2D eigenvalue weighted by molar-refractivity contribution is 6.07. The van der Waals surface area contributed by atoms with Crippen LogP contribution in [0.2, 0.25) is 0 Å². The highest BCUT2D eigenvalue weighted by Crippen LogP contribution is 2.34. The van der Waals surface area contributed by atoms with Crippen molar-refractivity contribution in [3.63, 3.8) is 0 Å². The number of aryl methyl sites for hydroxylation is 2. The number of nitrogens with one attached hydrogen (secondary N) is 1. The maximum absolute atomic E-state index is 13.5. The average Bonchev–Trinajstić information content (AvgIpc) is 3.45. The quantitative estimate of drug-likeness (QED) is 0.414. The SMILES string of the molecule is CCc1c(-c2ccc(-c3c(C)on(C)c3=O)cc2)ccnc1N1CCN(c2cccc(C(=O)NC)c2)C1=O. The highest BCUT2D eigenvalue weighted by Gasteiger charge is 2.33. The summed E-state index contributed by atoms with van der Waals surface area (Å²) in [5.74, 6) is 1.000. The van der Waals surface area contributed by atoms with E-state index in [9.17, 15) is 14.4 Å². The molecule has 9 nitrogen and oxygen atoms in total. The minimum absolute atomic E-state index is 0.173. The molecule has 0 atom stereocenters. The van der Waals surface area contributed by atoms with E-state index in [2.05, 4.69) is 10.3 Å². The molecule has 2 aromatic heterocycles. The molecular formula is C29H29N5O4. The summed E-state index contributed by atoms with van der Waals surface area (Å²) in [5, 5.41) is 2.62. The van der Waals surface area contributed by atoms with Gasteiger partial charge in [-0.1, -0.05) is 37.3 Å². The number of carbonyl (C=O) groups is 2. The Morgan fingerprint density at radius 3 is 2.39 bits per heavy atom. The van der Waals surface area contributed by atoms with Gasteiger partial charge in [-0.25, -0.2) is 9.78 Å². The monoisotopic (exact) mass is 511 g/mol. The molecule has 1 N–H and O–H groups in total. The van der Waals surface area contributed by atoms with Gasteiger partial charge in [0, 0.05) is 50.2 Å². The zero-order valence-electron chi connectivity index (χ0n) is 21.8. The average molecular weight is 512 g/mol. The minimum atomic E-state index is -0.202. The van der Waals surface area contributed by atoms with E-state index in [1.165, 1.54) is 4.74 Å². The van der Waals surface area contributed by atoms with Crippen molar-refractivity contribution in [2.75, 3.05) is 29.9 Å². The van der Waals surface area contributed by atoms with Crippen LogP contribution in [-0.2, 0) is 13.5 Å². The lowest BCUT2D eigenvalue weighted by Gasteiger charge is -2.22. The Labute approximate surface area is 220 Å². The number of hydrogen-bond donors (Lipinski definition) is 1. The number of aromatic nitrogens is 2. The fraction of sp³-hybridized carbons (Fsp3) is 0.241. The number of rotatable bonds is 6. The first-order valence-corrected chi connectivity index (χ1v) is 12.5. The molecule has 0 unspecified atom stereocenters. The van der Waals surface area contributed by atoms with Crippen molar-refractivity contribution in [3.05, 3.63) is 88.0 Å². The van der Waals surface area contributed by atoms with Gasteiger partial charge < -0.3 is 9.84 Å². The van der Waals surface area contributed by atoms with E-state index in [-0.39, 0.29) is 17.5 Å². The molecule has 38 heavy (non-hydrogen) atoms. The molecule has 1 aliphatic heterocycles. The van der Waals surface area contributed by atoms with Crippen LogP contribution >= 0.6 is 0 Å². The fourth-order valence-corrected chi connectivity index (χ4v) is 5.01. The largest absolute Gasteiger partial charge is 0.381 e. The lowest BCUT2D eigenvalue weighted by atomic mass is 9.96. The van der Waals surface area contributed by atoms with Crippen LogP contribution in [-0.4, -0.2) is 41.8 Å². The van der Waals surface area contributed by atoms with Gasteiger partial charge in [0.25, 0.3) is 11.5 Å². The van der Waals surface area contributed by atoms with Gasteiger partial charge in [-0.2, -0.15) is 4.74 Å². The molecule has 1 aliphatic rings. The molecule has 0 saturated carbocycles. The Kier molecular flexibility index (Phi) is 6.59. The summed E-state index contributed by atoms with van der Waals surface area (Å²) in [5.41, 5.74) is 5.24. The van der Waals surface area contributed by atoms with Crippen LogP contribution in [0.15, 0.2) is 70.1 Å². The molecule has 2 aromatic carbocycles. The van der Waals surface area contributed by atoms with E-state index in [1.807, 2.05) is 43.3 Å². The Morgan fingerprint density at radius 1 is 1.03 bits per heavy atom. The molecular weight excluding hydrogens is 482 g/mol. The Hall–Kier alpha value is -4.66. The lowest BCUT2D eigenvalue weighted by Crippen LogP contribution is -2.33. The van der Waals surface area contributed by atoms with E-state index in [0.717, 1.165) is 22.3 Å². The van der Waals surface area contributed by atoms with Crippen LogP contribution in [0.25, 0.3) is 22.3 Å². The van der Waals surface area contributed by atoms with E-state index in [1.54, 1.807) is 55.2 Å². The van der Waals surface area contributed by atoms with Crippen LogP contribution in [0.5, 0.6) is 0 Å². The van der Waals surface area contributed by atoms with Gasteiger partial charge in [0.2, 0.25) is 0 Å². The Morgan fingerprint density at radius 2 is 1.74 bits per heavy atom. The first-order chi connectivity index (χ1) is 18.3. The van der Waals surface area contributed by atoms with Crippen molar-refractivity contribution >= 4 is 23.4 Å². The van der Waals surface area contributed by atoms with Gasteiger partial charge in [0.1, 0.15) is 11.6 Å². The van der Waals surface area contributed by atoms with Crippen molar-refractivity contribution in [1.82, 2.24) is 15.0 Å². The van der Waals surface area contributed by atoms with E-state index in [0.29, 0.717) is 47.9 Å². The van der Waals surface area contributed by atoms with Crippen molar-refractivity contribution in [2.45, 2.75) is 20.3 Å². The number of urea groups is 1. The number of nitrogens with zero attached hydrogens (tertiary/aromatic N) is 4. The van der Waals surface area contributed by atoms with Gasteiger partial charge in [-0.05, 0) is 54.3 Å². The predicted octanol–water partition coefficient (Wildman–Crippen LogP) is 4.38. The zero-order chi connectivity index (χ0) is 27.0. The van der Waals surface area contributed by atoms with Crippen LogP contribution in [0.4, 0.5) is 16.3 Å². The second kappa shape index (κ2) is 10.0. The van der Waals surface area contributed by atoms with E-state index in [4.69, 9.17) is 4.52 Å². The summed E-state index contributed by atoms with van der Waals surface area (Å²) in [7, 11) is 3.18. The molecule has 0 aliphatic carbocycles. The van der Waals surface area contributed by atoms with Crippen LogP contribution in [0.3, 0.4) is 0 Å². The topological polar surface area (TPSA) is 101 Å².